The zero-order valence-electron chi connectivity index (χ0n) is 11.1. The number of allylic oxidation sites excluding steroid dienone is 2. The summed E-state index contributed by atoms with van der Waals surface area (Å²) in [6.07, 6.45) is 11.5. The molecule has 2 aliphatic carbocycles. The van der Waals surface area contributed by atoms with Gasteiger partial charge < -0.3 is 4.74 Å². The van der Waals surface area contributed by atoms with Gasteiger partial charge in [0, 0.05) is 0 Å². The summed E-state index contributed by atoms with van der Waals surface area (Å²) in [5.74, 6) is 0.592. The first kappa shape index (κ1) is 12.7. The lowest BCUT2D eigenvalue weighted by Gasteiger charge is -2.36. The molecule has 0 saturated heterocycles. The Morgan fingerprint density at radius 2 is 2.35 bits per heavy atom. The average molecular weight is 236 g/mol. The lowest BCUT2D eigenvalue weighted by Crippen LogP contribution is -2.38. The van der Waals surface area contributed by atoms with Crippen LogP contribution in [0.4, 0.5) is 0 Å². The second-order valence-corrected chi connectivity index (χ2v) is 5.62. The Bertz CT molecular complexity index is 319. The van der Waals surface area contributed by atoms with E-state index in [9.17, 15) is 4.79 Å². The molecule has 0 aromatic rings. The molecule has 0 N–H and O–H groups in total. The number of methoxy groups -OCH3 is 1. The van der Waals surface area contributed by atoms with E-state index < -0.39 is 0 Å². The number of ether oxygens (including phenoxy) is 1. The number of carbonyl (C=O) groups excluding carboxylic acids is 1. The molecule has 0 aromatic carbocycles. The van der Waals surface area contributed by atoms with Gasteiger partial charge in [-0.3, -0.25) is 4.79 Å². The number of esters is 1. The molecular formula is C15H24O2. The first-order valence-electron chi connectivity index (χ1n) is 6.99. The van der Waals surface area contributed by atoms with Crippen LogP contribution in [0.2, 0.25) is 0 Å². The molecule has 2 heteroatoms. The van der Waals surface area contributed by atoms with Gasteiger partial charge in [-0.15, -0.1) is 0 Å². The van der Waals surface area contributed by atoms with Gasteiger partial charge in [0.1, 0.15) is 0 Å². The predicted molar refractivity (Wildman–Crippen MR) is 68.6 cm³/mol. The van der Waals surface area contributed by atoms with Crippen LogP contribution in [0.5, 0.6) is 0 Å². The molecular weight excluding hydrogens is 212 g/mol. The Morgan fingerprint density at radius 3 is 3.06 bits per heavy atom. The van der Waals surface area contributed by atoms with E-state index in [1.807, 2.05) is 0 Å². The predicted octanol–water partition coefficient (Wildman–Crippen LogP) is 3.86. The van der Waals surface area contributed by atoms with Gasteiger partial charge in [0.05, 0.1) is 12.5 Å². The van der Waals surface area contributed by atoms with Crippen molar-refractivity contribution in [3.8, 4) is 0 Å². The summed E-state index contributed by atoms with van der Waals surface area (Å²) in [7, 11) is 1.54. The van der Waals surface area contributed by atoms with Crippen molar-refractivity contribution in [2.75, 3.05) is 7.11 Å². The molecule has 2 saturated carbocycles. The summed E-state index contributed by atoms with van der Waals surface area (Å²) in [5, 5.41) is 0. The zero-order valence-corrected chi connectivity index (χ0v) is 11.1. The SMILES string of the molecule is CCC/C=C1/C[C@H]2CCCC[C@]2(C(=O)OC)C1. The van der Waals surface area contributed by atoms with Crippen molar-refractivity contribution in [2.24, 2.45) is 11.3 Å². The summed E-state index contributed by atoms with van der Waals surface area (Å²) in [4.78, 5) is 12.1. The first-order chi connectivity index (χ1) is 8.23. The molecule has 0 spiro atoms. The molecule has 96 valence electrons. The Hall–Kier alpha value is -0.790. The highest BCUT2D eigenvalue weighted by Gasteiger charge is 2.52. The number of fused-ring (bicyclic) bond motifs is 1. The van der Waals surface area contributed by atoms with Gasteiger partial charge in [0.2, 0.25) is 0 Å². The molecule has 2 aliphatic rings. The quantitative estimate of drug-likeness (QED) is 0.549. The van der Waals surface area contributed by atoms with Crippen molar-refractivity contribution >= 4 is 5.97 Å². The lowest BCUT2D eigenvalue weighted by atomic mass is 9.68. The smallest absolute Gasteiger partial charge is 0.312 e. The van der Waals surface area contributed by atoms with Gasteiger partial charge >= 0.3 is 5.97 Å². The van der Waals surface area contributed by atoms with Gasteiger partial charge in [0.25, 0.3) is 0 Å². The van der Waals surface area contributed by atoms with Crippen LogP contribution >= 0.6 is 0 Å². The molecule has 0 bridgehead atoms. The Labute approximate surface area is 104 Å². The highest BCUT2D eigenvalue weighted by molar-refractivity contribution is 5.78. The van der Waals surface area contributed by atoms with E-state index in [4.69, 9.17) is 4.74 Å². The molecule has 2 rings (SSSR count). The largest absolute Gasteiger partial charge is 0.469 e. The van der Waals surface area contributed by atoms with Crippen LogP contribution in [0.25, 0.3) is 0 Å². The van der Waals surface area contributed by atoms with Crippen molar-refractivity contribution in [3.63, 3.8) is 0 Å². The van der Waals surface area contributed by atoms with Crippen LogP contribution in [0.15, 0.2) is 11.6 Å². The second kappa shape index (κ2) is 5.24. The molecule has 2 nitrogen and oxygen atoms in total. The van der Waals surface area contributed by atoms with E-state index in [0.717, 1.165) is 25.7 Å². The summed E-state index contributed by atoms with van der Waals surface area (Å²) in [6.45, 7) is 2.20. The van der Waals surface area contributed by atoms with Crippen LogP contribution < -0.4 is 0 Å². The number of rotatable bonds is 3. The standard InChI is InChI=1S/C15H24O2/c1-3-4-7-12-10-13-8-5-6-9-15(13,11-12)14(16)17-2/h7,13H,3-6,8-11H2,1-2H3/b12-7-/t13-,15+/m1/s1. The van der Waals surface area contributed by atoms with E-state index in [0.29, 0.717) is 5.92 Å². The highest BCUT2D eigenvalue weighted by atomic mass is 16.5. The van der Waals surface area contributed by atoms with Crippen LogP contribution in [0, 0.1) is 11.3 Å². The lowest BCUT2D eigenvalue weighted by molar-refractivity contribution is -0.157. The van der Waals surface area contributed by atoms with Crippen molar-refractivity contribution in [2.45, 2.75) is 58.3 Å². The summed E-state index contributed by atoms with van der Waals surface area (Å²) >= 11 is 0. The van der Waals surface area contributed by atoms with E-state index >= 15 is 0 Å². The summed E-state index contributed by atoms with van der Waals surface area (Å²) in [5.41, 5.74) is 1.34. The highest BCUT2D eigenvalue weighted by Crippen LogP contribution is 2.55. The van der Waals surface area contributed by atoms with Crippen molar-refractivity contribution in [3.05, 3.63) is 11.6 Å². The summed E-state index contributed by atoms with van der Waals surface area (Å²) < 4.78 is 5.08. The van der Waals surface area contributed by atoms with Gasteiger partial charge in [-0.2, -0.15) is 0 Å². The minimum Gasteiger partial charge on any atom is -0.469 e. The van der Waals surface area contributed by atoms with Crippen molar-refractivity contribution < 1.29 is 9.53 Å². The fourth-order valence-electron chi connectivity index (χ4n) is 3.68. The van der Waals surface area contributed by atoms with E-state index in [-0.39, 0.29) is 11.4 Å². The third kappa shape index (κ3) is 2.27. The van der Waals surface area contributed by atoms with Crippen molar-refractivity contribution in [1.82, 2.24) is 0 Å². The summed E-state index contributed by atoms with van der Waals surface area (Å²) in [6, 6.07) is 0. The molecule has 0 unspecified atom stereocenters. The third-order valence-corrected chi connectivity index (χ3v) is 4.57. The van der Waals surface area contributed by atoms with Crippen LogP contribution in [-0.4, -0.2) is 13.1 Å². The second-order valence-electron chi connectivity index (χ2n) is 5.62. The maximum atomic E-state index is 12.1. The zero-order chi connectivity index (χ0) is 12.3. The average Bonchev–Trinajstić information content (AvgIpc) is 2.74. The van der Waals surface area contributed by atoms with Crippen LogP contribution in [0.1, 0.15) is 58.3 Å². The molecule has 2 fully saturated rings. The normalized spacial score (nSPS) is 34.7. The minimum absolute atomic E-state index is 0.0436. The van der Waals surface area contributed by atoms with E-state index in [1.165, 1.54) is 38.4 Å². The van der Waals surface area contributed by atoms with E-state index in [1.54, 1.807) is 0 Å². The van der Waals surface area contributed by atoms with Crippen LogP contribution in [-0.2, 0) is 9.53 Å². The fraction of sp³-hybridized carbons (Fsp3) is 0.800. The van der Waals surface area contributed by atoms with Gasteiger partial charge in [-0.05, 0) is 38.0 Å². The number of carbonyl (C=O) groups is 1. The van der Waals surface area contributed by atoms with Gasteiger partial charge in [-0.25, -0.2) is 0 Å². The van der Waals surface area contributed by atoms with E-state index in [2.05, 4.69) is 13.0 Å². The molecule has 0 heterocycles. The molecule has 17 heavy (non-hydrogen) atoms. The number of hydrogen-bond donors (Lipinski definition) is 0. The van der Waals surface area contributed by atoms with Gasteiger partial charge in [0.15, 0.2) is 0 Å². The molecule has 0 aromatic heterocycles. The third-order valence-electron chi connectivity index (χ3n) is 4.57. The maximum absolute atomic E-state index is 12.1. The van der Waals surface area contributed by atoms with Gasteiger partial charge in [-0.1, -0.05) is 37.8 Å². The van der Waals surface area contributed by atoms with Crippen LogP contribution in [0.3, 0.4) is 0 Å². The Morgan fingerprint density at radius 1 is 1.53 bits per heavy atom. The molecule has 0 amide bonds. The number of unbranched alkanes of at least 4 members (excludes halogenated alkanes) is 1. The Balaban J connectivity index is 2.18. The molecule has 2 atom stereocenters. The molecule has 0 aliphatic heterocycles. The molecule has 0 radical (unpaired) electrons. The Kier molecular flexibility index (Phi) is 3.90. The first-order valence-corrected chi connectivity index (χ1v) is 6.99. The number of hydrogen-bond acceptors (Lipinski definition) is 2. The fourth-order valence-corrected chi connectivity index (χ4v) is 3.68. The maximum Gasteiger partial charge on any atom is 0.312 e. The minimum atomic E-state index is -0.160. The topological polar surface area (TPSA) is 26.3 Å². The monoisotopic (exact) mass is 236 g/mol. The van der Waals surface area contributed by atoms with Crippen molar-refractivity contribution in [1.29, 1.82) is 0 Å².